The summed E-state index contributed by atoms with van der Waals surface area (Å²) < 4.78 is 0. The first-order valence-electron chi connectivity index (χ1n) is 3.29. The van der Waals surface area contributed by atoms with Gasteiger partial charge in [-0.15, -0.1) is 6.58 Å². The monoisotopic (exact) mass is 149 g/mol. The van der Waals surface area contributed by atoms with Crippen LogP contribution in [0.15, 0.2) is 36.9 Å². The normalized spacial score (nSPS) is 8.36. The van der Waals surface area contributed by atoms with Gasteiger partial charge in [0.25, 0.3) is 0 Å². The van der Waals surface area contributed by atoms with Crippen molar-refractivity contribution in [3.05, 3.63) is 42.5 Å². The van der Waals surface area contributed by atoms with E-state index in [-0.39, 0.29) is 7.43 Å². The van der Waals surface area contributed by atoms with E-state index in [1.165, 1.54) is 0 Å². The van der Waals surface area contributed by atoms with Crippen LogP contribution in [0.4, 0.5) is 5.69 Å². The lowest BCUT2D eigenvalue weighted by atomic mass is 10.1. The van der Waals surface area contributed by atoms with Crippen LogP contribution in [-0.4, -0.2) is 0 Å². The van der Waals surface area contributed by atoms with Crippen molar-refractivity contribution < 1.29 is 0 Å². The Labute approximate surface area is 68.5 Å². The number of benzene rings is 1. The Morgan fingerprint density at radius 1 is 1.36 bits per heavy atom. The minimum Gasteiger partial charge on any atom is -0.398 e. The summed E-state index contributed by atoms with van der Waals surface area (Å²) in [6.45, 7) is 3.64. The van der Waals surface area contributed by atoms with E-state index in [1.54, 1.807) is 0 Å². The zero-order valence-electron chi connectivity index (χ0n) is 5.88. The molecule has 0 aliphatic rings. The average molecular weight is 149 g/mol. The molecule has 1 rings (SSSR count). The van der Waals surface area contributed by atoms with Gasteiger partial charge in [-0.3, -0.25) is 0 Å². The molecule has 0 aliphatic heterocycles. The van der Waals surface area contributed by atoms with Crippen molar-refractivity contribution in [1.29, 1.82) is 0 Å². The van der Waals surface area contributed by atoms with E-state index in [0.717, 1.165) is 17.7 Å². The summed E-state index contributed by atoms with van der Waals surface area (Å²) in [5.74, 6) is 0. The molecule has 11 heavy (non-hydrogen) atoms. The van der Waals surface area contributed by atoms with Crippen LogP contribution in [0.2, 0.25) is 0 Å². The van der Waals surface area contributed by atoms with Crippen molar-refractivity contribution in [3.63, 3.8) is 0 Å². The third-order valence-electron chi connectivity index (χ3n) is 1.42. The van der Waals surface area contributed by atoms with Gasteiger partial charge < -0.3 is 5.73 Å². The fourth-order valence-electron chi connectivity index (χ4n) is 0.876. The summed E-state index contributed by atoms with van der Waals surface area (Å²) >= 11 is 0. The maximum Gasteiger partial charge on any atom is 0.0349 e. The second-order valence-corrected chi connectivity index (χ2v) is 2.19. The number of nitrogens with two attached hydrogens (primary N) is 1. The minimum atomic E-state index is 0. The Kier molecular flexibility index (Phi) is 4.04. The highest BCUT2D eigenvalue weighted by molar-refractivity contribution is 5.46. The van der Waals surface area contributed by atoms with Crippen LogP contribution in [0.3, 0.4) is 0 Å². The summed E-state index contributed by atoms with van der Waals surface area (Å²) in [7, 11) is 0. The summed E-state index contributed by atoms with van der Waals surface area (Å²) in [5, 5.41) is 0. The molecule has 0 heterocycles. The molecule has 0 aromatic heterocycles. The predicted octanol–water partition coefficient (Wildman–Crippen LogP) is 2.63. The third-order valence-corrected chi connectivity index (χ3v) is 1.42. The number of anilines is 1. The van der Waals surface area contributed by atoms with E-state index >= 15 is 0 Å². The summed E-state index contributed by atoms with van der Waals surface area (Å²) in [4.78, 5) is 0. The highest BCUT2D eigenvalue weighted by Gasteiger charge is 1.91. The highest BCUT2D eigenvalue weighted by Crippen LogP contribution is 2.10. The zero-order valence-corrected chi connectivity index (χ0v) is 5.88. The fourth-order valence-corrected chi connectivity index (χ4v) is 0.876. The molecular formula is C10H15N. The lowest BCUT2D eigenvalue weighted by molar-refractivity contribution is 1.28. The molecule has 1 aromatic carbocycles. The van der Waals surface area contributed by atoms with Gasteiger partial charge in [0.05, 0.1) is 0 Å². The van der Waals surface area contributed by atoms with E-state index in [4.69, 9.17) is 5.73 Å². The average Bonchev–Trinajstić information content (AvgIpc) is 1.94. The van der Waals surface area contributed by atoms with Crippen LogP contribution in [0.25, 0.3) is 0 Å². The lowest BCUT2D eigenvalue weighted by Crippen LogP contribution is -1.90. The maximum absolute atomic E-state index is 5.66. The number of para-hydroxylation sites is 1. The molecule has 0 bridgehead atoms. The molecule has 0 radical (unpaired) electrons. The topological polar surface area (TPSA) is 26.0 Å². The van der Waals surface area contributed by atoms with Crippen molar-refractivity contribution in [2.45, 2.75) is 13.8 Å². The van der Waals surface area contributed by atoms with Gasteiger partial charge in [0.1, 0.15) is 0 Å². The van der Waals surface area contributed by atoms with Crippen molar-refractivity contribution in [2.24, 2.45) is 0 Å². The molecule has 1 nitrogen and oxygen atoms in total. The van der Waals surface area contributed by atoms with Crippen molar-refractivity contribution in [2.75, 3.05) is 5.73 Å². The van der Waals surface area contributed by atoms with E-state index in [2.05, 4.69) is 6.58 Å². The van der Waals surface area contributed by atoms with Crippen LogP contribution in [0.5, 0.6) is 0 Å². The summed E-state index contributed by atoms with van der Waals surface area (Å²) in [5.41, 5.74) is 7.66. The molecule has 0 saturated heterocycles. The first kappa shape index (κ1) is 9.76. The number of hydrogen-bond acceptors (Lipinski definition) is 1. The van der Waals surface area contributed by atoms with Gasteiger partial charge in [-0.2, -0.15) is 0 Å². The zero-order chi connectivity index (χ0) is 7.40. The summed E-state index contributed by atoms with van der Waals surface area (Å²) in [6, 6.07) is 7.83. The third kappa shape index (κ3) is 2.46. The van der Waals surface area contributed by atoms with Crippen molar-refractivity contribution in [1.82, 2.24) is 0 Å². The molecule has 0 atom stereocenters. The quantitative estimate of drug-likeness (QED) is 0.507. The Hall–Kier alpha value is -1.24. The molecular weight excluding hydrogens is 134 g/mol. The molecule has 0 saturated carbocycles. The van der Waals surface area contributed by atoms with Gasteiger partial charge in [0.15, 0.2) is 0 Å². The fraction of sp³-hybridized carbons (Fsp3) is 0.200. The Balaban J connectivity index is 0.000001000. The molecule has 0 fully saturated rings. The largest absolute Gasteiger partial charge is 0.398 e. The number of nitrogen functional groups attached to an aromatic ring is 1. The van der Waals surface area contributed by atoms with Gasteiger partial charge in [-0.1, -0.05) is 31.7 Å². The molecule has 0 aliphatic carbocycles. The van der Waals surface area contributed by atoms with Crippen LogP contribution in [0, 0.1) is 0 Å². The molecule has 60 valence electrons. The first-order valence-corrected chi connectivity index (χ1v) is 3.29. The van der Waals surface area contributed by atoms with Crippen LogP contribution in [0.1, 0.15) is 13.0 Å². The van der Waals surface area contributed by atoms with Gasteiger partial charge in [-0.05, 0) is 18.1 Å². The minimum absolute atomic E-state index is 0. The van der Waals surface area contributed by atoms with Gasteiger partial charge >= 0.3 is 0 Å². The Bertz CT molecular complexity index is 228. The van der Waals surface area contributed by atoms with Crippen LogP contribution >= 0.6 is 0 Å². The number of allylic oxidation sites excluding steroid dienone is 1. The maximum atomic E-state index is 5.66. The smallest absolute Gasteiger partial charge is 0.0349 e. The first-order chi connectivity index (χ1) is 4.84. The van der Waals surface area contributed by atoms with Crippen LogP contribution < -0.4 is 5.73 Å². The standard InChI is InChI=1S/C9H11N.CH4/c1-2-5-8-6-3-4-7-9(8)10;/h2-4,6-7H,1,5,10H2;1H4. The Morgan fingerprint density at radius 2 is 2.00 bits per heavy atom. The van der Waals surface area contributed by atoms with E-state index in [1.807, 2.05) is 30.3 Å². The number of rotatable bonds is 2. The second kappa shape index (κ2) is 4.56. The van der Waals surface area contributed by atoms with Crippen molar-refractivity contribution >= 4 is 5.69 Å². The van der Waals surface area contributed by atoms with E-state index < -0.39 is 0 Å². The predicted molar refractivity (Wildman–Crippen MR) is 51.5 cm³/mol. The van der Waals surface area contributed by atoms with Gasteiger partial charge in [0.2, 0.25) is 0 Å². The molecule has 2 N–H and O–H groups in total. The van der Waals surface area contributed by atoms with Crippen LogP contribution in [-0.2, 0) is 6.42 Å². The molecule has 0 unspecified atom stereocenters. The number of hydrogen-bond donors (Lipinski definition) is 1. The summed E-state index contributed by atoms with van der Waals surface area (Å²) in [6.07, 6.45) is 2.71. The highest BCUT2D eigenvalue weighted by atomic mass is 14.5. The SMILES string of the molecule is C.C=CCc1ccccc1N. The molecule has 0 spiro atoms. The van der Waals surface area contributed by atoms with Gasteiger partial charge in [-0.25, -0.2) is 0 Å². The molecule has 1 aromatic rings. The van der Waals surface area contributed by atoms with E-state index in [9.17, 15) is 0 Å². The van der Waals surface area contributed by atoms with Crippen molar-refractivity contribution in [3.8, 4) is 0 Å². The lowest BCUT2D eigenvalue weighted by Gasteiger charge is -1.99. The molecule has 1 heteroatoms. The second-order valence-electron chi connectivity index (χ2n) is 2.19. The van der Waals surface area contributed by atoms with E-state index in [0.29, 0.717) is 0 Å². The Morgan fingerprint density at radius 3 is 2.55 bits per heavy atom. The molecule has 0 amide bonds. The van der Waals surface area contributed by atoms with Gasteiger partial charge in [0, 0.05) is 5.69 Å².